The normalized spacial score (nSPS) is 23.8. The first-order valence-electron chi connectivity index (χ1n) is 6.74. The highest BCUT2D eigenvalue weighted by molar-refractivity contribution is 4.88. The Kier molecular flexibility index (Phi) is 4.81. The molecule has 1 atom stereocenters. The standard InChI is InChI=1S/C14H28O2/c1-13(2,3)11-8-12(15)14(16)9-6-4-5-7-10-14/h12,15-16H,4-11H2,1-3H3. The van der Waals surface area contributed by atoms with E-state index in [4.69, 9.17) is 0 Å². The van der Waals surface area contributed by atoms with Crippen LogP contribution in [0.1, 0.15) is 72.1 Å². The van der Waals surface area contributed by atoms with Crippen LogP contribution < -0.4 is 0 Å². The monoisotopic (exact) mass is 228 g/mol. The van der Waals surface area contributed by atoms with Crippen LogP contribution in [0.25, 0.3) is 0 Å². The molecule has 2 nitrogen and oxygen atoms in total. The zero-order valence-corrected chi connectivity index (χ0v) is 11.1. The van der Waals surface area contributed by atoms with E-state index < -0.39 is 11.7 Å². The first-order chi connectivity index (χ1) is 7.33. The van der Waals surface area contributed by atoms with Crippen molar-refractivity contribution in [2.24, 2.45) is 5.41 Å². The van der Waals surface area contributed by atoms with Gasteiger partial charge in [0.1, 0.15) is 0 Å². The SMILES string of the molecule is CC(C)(C)CCC(O)C1(O)CCCCCC1. The van der Waals surface area contributed by atoms with E-state index in [1.807, 2.05) is 0 Å². The molecule has 0 aromatic carbocycles. The molecule has 96 valence electrons. The Morgan fingerprint density at radius 1 is 1.06 bits per heavy atom. The van der Waals surface area contributed by atoms with Gasteiger partial charge in [-0.25, -0.2) is 0 Å². The molecule has 16 heavy (non-hydrogen) atoms. The maximum Gasteiger partial charge on any atom is 0.0905 e. The van der Waals surface area contributed by atoms with E-state index in [0.29, 0.717) is 0 Å². The van der Waals surface area contributed by atoms with Crippen molar-refractivity contribution in [3.05, 3.63) is 0 Å². The van der Waals surface area contributed by atoms with E-state index in [1.165, 1.54) is 12.8 Å². The van der Waals surface area contributed by atoms with E-state index in [-0.39, 0.29) is 5.41 Å². The van der Waals surface area contributed by atoms with Gasteiger partial charge in [0.15, 0.2) is 0 Å². The fraction of sp³-hybridized carbons (Fsp3) is 1.00. The Labute approximate surface area is 100 Å². The molecule has 0 amide bonds. The molecule has 1 aliphatic rings. The summed E-state index contributed by atoms with van der Waals surface area (Å²) in [4.78, 5) is 0. The summed E-state index contributed by atoms with van der Waals surface area (Å²) in [6.45, 7) is 6.53. The highest BCUT2D eigenvalue weighted by atomic mass is 16.3. The Hall–Kier alpha value is -0.0800. The lowest BCUT2D eigenvalue weighted by atomic mass is 9.82. The van der Waals surface area contributed by atoms with Crippen molar-refractivity contribution in [2.45, 2.75) is 83.8 Å². The topological polar surface area (TPSA) is 40.5 Å². The number of aliphatic hydroxyl groups excluding tert-OH is 1. The van der Waals surface area contributed by atoms with Gasteiger partial charge in [-0.05, 0) is 31.1 Å². The second-order valence-electron chi connectivity index (χ2n) is 6.63. The third-order valence-electron chi connectivity index (χ3n) is 3.76. The quantitative estimate of drug-likeness (QED) is 0.728. The van der Waals surface area contributed by atoms with Crippen LogP contribution in [0.5, 0.6) is 0 Å². The number of hydrogen-bond donors (Lipinski definition) is 2. The van der Waals surface area contributed by atoms with Crippen LogP contribution in [0.2, 0.25) is 0 Å². The lowest BCUT2D eigenvalue weighted by molar-refractivity contribution is -0.0902. The van der Waals surface area contributed by atoms with Gasteiger partial charge in [-0.3, -0.25) is 0 Å². The molecule has 0 spiro atoms. The highest BCUT2D eigenvalue weighted by Crippen LogP contribution is 2.33. The van der Waals surface area contributed by atoms with Gasteiger partial charge in [-0.15, -0.1) is 0 Å². The predicted octanol–water partition coefficient (Wildman–Crippen LogP) is 3.26. The molecular formula is C14H28O2. The molecule has 0 aromatic heterocycles. The van der Waals surface area contributed by atoms with E-state index in [0.717, 1.165) is 38.5 Å². The van der Waals surface area contributed by atoms with Crippen molar-refractivity contribution < 1.29 is 10.2 Å². The maximum absolute atomic E-state index is 10.5. The lowest BCUT2D eigenvalue weighted by Gasteiger charge is -2.33. The molecule has 2 N–H and O–H groups in total. The molecule has 1 fully saturated rings. The van der Waals surface area contributed by atoms with Crippen LogP contribution in [0.15, 0.2) is 0 Å². The minimum Gasteiger partial charge on any atom is -0.390 e. The first-order valence-corrected chi connectivity index (χ1v) is 6.74. The molecular weight excluding hydrogens is 200 g/mol. The highest BCUT2D eigenvalue weighted by Gasteiger charge is 2.35. The van der Waals surface area contributed by atoms with E-state index >= 15 is 0 Å². The largest absolute Gasteiger partial charge is 0.390 e. The predicted molar refractivity (Wildman–Crippen MR) is 67.3 cm³/mol. The minimum absolute atomic E-state index is 0.238. The van der Waals surface area contributed by atoms with Crippen molar-refractivity contribution in [1.29, 1.82) is 0 Å². The van der Waals surface area contributed by atoms with Gasteiger partial charge in [-0.1, -0.05) is 46.5 Å². The van der Waals surface area contributed by atoms with Crippen LogP contribution >= 0.6 is 0 Å². The number of aliphatic hydroxyl groups is 2. The maximum atomic E-state index is 10.5. The minimum atomic E-state index is -0.804. The van der Waals surface area contributed by atoms with Gasteiger partial charge >= 0.3 is 0 Å². The van der Waals surface area contributed by atoms with Crippen molar-refractivity contribution >= 4 is 0 Å². The Morgan fingerprint density at radius 2 is 1.56 bits per heavy atom. The average Bonchev–Trinajstić information content (AvgIpc) is 2.39. The van der Waals surface area contributed by atoms with Gasteiger partial charge in [0, 0.05) is 0 Å². The molecule has 1 unspecified atom stereocenters. The van der Waals surface area contributed by atoms with Gasteiger partial charge in [0.25, 0.3) is 0 Å². The van der Waals surface area contributed by atoms with Crippen molar-refractivity contribution in [1.82, 2.24) is 0 Å². The summed E-state index contributed by atoms with van der Waals surface area (Å²) in [5.74, 6) is 0. The van der Waals surface area contributed by atoms with Crippen LogP contribution in [-0.4, -0.2) is 21.9 Å². The van der Waals surface area contributed by atoms with Crippen molar-refractivity contribution in [2.75, 3.05) is 0 Å². The molecule has 2 heteroatoms. The van der Waals surface area contributed by atoms with E-state index in [2.05, 4.69) is 20.8 Å². The summed E-state index contributed by atoms with van der Waals surface area (Å²) in [7, 11) is 0. The Morgan fingerprint density at radius 3 is 2.00 bits per heavy atom. The Balaban J connectivity index is 2.46. The fourth-order valence-electron chi connectivity index (χ4n) is 2.51. The molecule has 0 saturated heterocycles. The smallest absolute Gasteiger partial charge is 0.0905 e. The second kappa shape index (κ2) is 5.50. The third-order valence-corrected chi connectivity index (χ3v) is 3.76. The van der Waals surface area contributed by atoms with Crippen LogP contribution in [0.3, 0.4) is 0 Å². The van der Waals surface area contributed by atoms with Crippen LogP contribution in [0.4, 0.5) is 0 Å². The lowest BCUT2D eigenvalue weighted by Crippen LogP contribution is -2.42. The van der Waals surface area contributed by atoms with Crippen LogP contribution in [-0.2, 0) is 0 Å². The van der Waals surface area contributed by atoms with E-state index in [1.54, 1.807) is 0 Å². The molecule has 1 saturated carbocycles. The third kappa shape index (κ3) is 4.42. The van der Waals surface area contributed by atoms with Gasteiger partial charge in [0.05, 0.1) is 11.7 Å². The van der Waals surface area contributed by atoms with Crippen LogP contribution in [0, 0.1) is 5.41 Å². The van der Waals surface area contributed by atoms with E-state index in [9.17, 15) is 10.2 Å². The summed E-state index contributed by atoms with van der Waals surface area (Å²) in [6, 6.07) is 0. The molecule has 0 radical (unpaired) electrons. The summed E-state index contributed by atoms with van der Waals surface area (Å²) in [5, 5.41) is 20.6. The molecule has 0 heterocycles. The average molecular weight is 228 g/mol. The number of rotatable bonds is 3. The fourth-order valence-corrected chi connectivity index (χ4v) is 2.51. The summed E-state index contributed by atoms with van der Waals surface area (Å²) in [5.41, 5.74) is -0.566. The Bertz CT molecular complexity index is 197. The molecule has 0 bridgehead atoms. The summed E-state index contributed by atoms with van der Waals surface area (Å²) < 4.78 is 0. The van der Waals surface area contributed by atoms with Crippen molar-refractivity contribution in [3.8, 4) is 0 Å². The van der Waals surface area contributed by atoms with Gasteiger partial charge in [0.2, 0.25) is 0 Å². The molecule has 1 rings (SSSR count). The first kappa shape index (κ1) is 14.0. The second-order valence-corrected chi connectivity index (χ2v) is 6.63. The zero-order chi connectivity index (χ0) is 12.2. The van der Waals surface area contributed by atoms with Gasteiger partial charge in [-0.2, -0.15) is 0 Å². The van der Waals surface area contributed by atoms with Crippen molar-refractivity contribution in [3.63, 3.8) is 0 Å². The molecule has 0 aliphatic heterocycles. The molecule has 0 aromatic rings. The summed E-state index contributed by atoms with van der Waals surface area (Å²) >= 11 is 0. The zero-order valence-electron chi connectivity index (χ0n) is 11.1. The molecule has 1 aliphatic carbocycles. The van der Waals surface area contributed by atoms with Gasteiger partial charge < -0.3 is 10.2 Å². The summed E-state index contributed by atoms with van der Waals surface area (Å²) in [6.07, 6.45) is 7.23. The number of hydrogen-bond acceptors (Lipinski definition) is 2.